The molecule has 1 N–H and O–H groups in total. The Balaban J connectivity index is 1.62. The van der Waals surface area contributed by atoms with E-state index in [1.807, 2.05) is 0 Å². The van der Waals surface area contributed by atoms with Gasteiger partial charge in [-0.1, -0.05) is 57.2 Å². The molecule has 0 bridgehead atoms. The molecular weight excluding hydrogens is 556 g/mol. The first kappa shape index (κ1) is 28.1. The summed E-state index contributed by atoms with van der Waals surface area (Å²) < 4.78 is 13.4. The van der Waals surface area contributed by atoms with E-state index in [0.717, 1.165) is 44.2 Å². The number of aromatic amines is 1. The summed E-state index contributed by atoms with van der Waals surface area (Å²) in [5.74, 6) is 3.85. The molecule has 11 nitrogen and oxygen atoms in total. The van der Waals surface area contributed by atoms with Crippen molar-refractivity contribution in [3.05, 3.63) is 40.6 Å². The number of terminal acetylenes is 1. The van der Waals surface area contributed by atoms with Crippen LogP contribution in [0.1, 0.15) is 52.4 Å². The van der Waals surface area contributed by atoms with Crippen molar-refractivity contribution < 1.29 is 9.15 Å². The lowest BCUT2D eigenvalue weighted by molar-refractivity contribution is 0.0187. The van der Waals surface area contributed by atoms with Gasteiger partial charge in [-0.15, -0.1) is 11.5 Å². The molecule has 5 heterocycles. The van der Waals surface area contributed by atoms with Gasteiger partial charge in [0.15, 0.2) is 5.65 Å². The van der Waals surface area contributed by atoms with Crippen molar-refractivity contribution in [3.63, 3.8) is 0 Å². The first-order chi connectivity index (χ1) is 20.4. The number of morpholine rings is 1. The van der Waals surface area contributed by atoms with Crippen LogP contribution < -0.4 is 10.7 Å². The van der Waals surface area contributed by atoms with Crippen molar-refractivity contribution in [2.24, 2.45) is 11.8 Å². The van der Waals surface area contributed by atoms with Gasteiger partial charge in [-0.25, -0.2) is 19.9 Å². The molecule has 0 amide bonds. The molecule has 1 saturated heterocycles. The Morgan fingerprint density at radius 3 is 2.74 bits per heavy atom. The summed E-state index contributed by atoms with van der Waals surface area (Å²) in [4.78, 5) is 32.9. The molecular formula is C30H33ClN8O3. The van der Waals surface area contributed by atoms with Crippen LogP contribution in [0.2, 0.25) is 5.02 Å². The number of allylic oxidation sites excluding steroid dienone is 1. The Hall–Kier alpha value is -4.01. The molecule has 1 saturated carbocycles. The zero-order valence-corrected chi connectivity index (χ0v) is 24.5. The van der Waals surface area contributed by atoms with E-state index in [9.17, 15) is 4.79 Å². The molecule has 218 valence electrons. The third-order valence-electron chi connectivity index (χ3n) is 8.23. The number of fused-ring (bicyclic) bond motifs is 1. The van der Waals surface area contributed by atoms with Crippen molar-refractivity contribution in [1.29, 1.82) is 0 Å². The molecule has 2 atom stereocenters. The van der Waals surface area contributed by atoms with Gasteiger partial charge in [0.05, 0.1) is 17.7 Å². The summed E-state index contributed by atoms with van der Waals surface area (Å²) >= 11 is 6.39. The van der Waals surface area contributed by atoms with Crippen molar-refractivity contribution in [3.8, 4) is 35.3 Å². The molecule has 1 aliphatic heterocycles. The van der Waals surface area contributed by atoms with Gasteiger partial charge < -0.3 is 14.1 Å². The van der Waals surface area contributed by atoms with Crippen molar-refractivity contribution in [1.82, 2.24) is 34.7 Å². The first-order valence-electron chi connectivity index (χ1n) is 14.4. The fourth-order valence-corrected chi connectivity index (χ4v) is 6.23. The summed E-state index contributed by atoms with van der Waals surface area (Å²) in [5.41, 5.74) is 3.10. The normalized spacial score (nSPS) is 22.8. The molecule has 42 heavy (non-hydrogen) atoms. The van der Waals surface area contributed by atoms with E-state index < -0.39 is 5.76 Å². The average molecular weight is 589 g/mol. The molecule has 6 rings (SSSR count). The van der Waals surface area contributed by atoms with Crippen LogP contribution in [0, 0.1) is 24.2 Å². The third-order valence-corrected chi connectivity index (χ3v) is 8.44. The van der Waals surface area contributed by atoms with Gasteiger partial charge in [-0.3, -0.25) is 9.55 Å². The number of hydrogen-bond donors (Lipinski definition) is 1. The van der Waals surface area contributed by atoms with Crippen LogP contribution >= 0.6 is 11.6 Å². The Labute approximate surface area is 248 Å². The van der Waals surface area contributed by atoms with Crippen LogP contribution in [-0.4, -0.2) is 60.0 Å². The Bertz CT molecular complexity index is 1710. The highest BCUT2D eigenvalue weighted by molar-refractivity contribution is 6.30. The number of hydrogen-bond acceptors (Lipinski definition) is 9. The molecule has 1 unspecified atom stereocenters. The fourth-order valence-electron chi connectivity index (χ4n) is 6.06. The summed E-state index contributed by atoms with van der Waals surface area (Å²) in [6.07, 6.45) is 15.3. The zero-order valence-electron chi connectivity index (χ0n) is 23.7. The van der Waals surface area contributed by atoms with Gasteiger partial charge in [0.1, 0.15) is 17.3 Å². The van der Waals surface area contributed by atoms with Crippen LogP contribution in [0.25, 0.3) is 39.8 Å². The van der Waals surface area contributed by atoms with E-state index in [1.165, 1.54) is 0 Å². The quantitative estimate of drug-likeness (QED) is 0.290. The molecule has 12 heteroatoms. The number of anilines is 1. The van der Waals surface area contributed by atoms with Gasteiger partial charge >= 0.3 is 5.76 Å². The molecule has 2 fully saturated rings. The summed E-state index contributed by atoms with van der Waals surface area (Å²) in [5, 5.41) is 6.68. The molecule has 4 aromatic heterocycles. The van der Waals surface area contributed by atoms with Crippen LogP contribution in [0.5, 0.6) is 0 Å². The number of imidazole rings is 1. The Kier molecular flexibility index (Phi) is 7.84. The first-order valence-corrected chi connectivity index (χ1v) is 14.8. The van der Waals surface area contributed by atoms with Gasteiger partial charge in [0, 0.05) is 30.2 Å². The number of ether oxygens (including phenoxy) is 1. The number of H-pyrrole nitrogens is 1. The number of nitrogens with one attached hydrogen (secondary N) is 1. The minimum absolute atomic E-state index is 0.0507. The third kappa shape index (κ3) is 5.21. The van der Waals surface area contributed by atoms with E-state index in [2.05, 4.69) is 51.0 Å². The van der Waals surface area contributed by atoms with Gasteiger partial charge in [-0.05, 0) is 37.2 Å². The topological polar surface area (TPSA) is 128 Å². The van der Waals surface area contributed by atoms with Crippen LogP contribution in [-0.2, 0) is 4.74 Å². The molecule has 4 aromatic rings. The van der Waals surface area contributed by atoms with Crippen LogP contribution in [0.4, 0.5) is 5.95 Å². The average Bonchev–Trinajstić information content (AvgIpc) is 3.60. The fraction of sp³-hybridized carbons (Fsp3) is 0.467. The van der Waals surface area contributed by atoms with E-state index in [1.54, 1.807) is 18.5 Å². The van der Waals surface area contributed by atoms with Gasteiger partial charge in [0.2, 0.25) is 11.8 Å². The lowest BCUT2D eigenvalue weighted by Gasteiger charge is -2.40. The maximum Gasteiger partial charge on any atom is 0.434 e. The molecule has 2 aliphatic rings. The number of nitrogens with zero attached hydrogens (tertiary/aromatic N) is 7. The van der Waals surface area contributed by atoms with Gasteiger partial charge in [0.25, 0.3) is 5.89 Å². The number of halogens is 1. The minimum atomic E-state index is -0.710. The Morgan fingerprint density at radius 2 is 2.05 bits per heavy atom. The largest absolute Gasteiger partial charge is 0.434 e. The SMILES string of the molecule is C#CC1[C@@H](CCC)OCCN1c1nc2nc(-c3n[nH]c(=O)o3)nc(-c3cncc(Cl)c3)c2n1C(=C)[C@H]1CC[C@H](C)CC1. The predicted molar refractivity (Wildman–Crippen MR) is 161 cm³/mol. The highest BCUT2D eigenvalue weighted by Crippen LogP contribution is 2.41. The number of rotatable bonds is 7. The van der Waals surface area contributed by atoms with E-state index in [4.69, 9.17) is 42.1 Å². The molecule has 0 spiro atoms. The smallest absolute Gasteiger partial charge is 0.384 e. The number of aromatic nitrogens is 7. The summed E-state index contributed by atoms with van der Waals surface area (Å²) in [6.45, 7) is 10.1. The highest BCUT2D eigenvalue weighted by Gasteiger charge is 2.36. The lowest BCUT2D eigenvalue weighted by atomic mass is 9.81. The second-order valence-corrected chi connectivity index (χ2v) is 11.5. The number of pyridine rings is 1. The summed E-state index contributed by atoms with van der Waals surface area (Å²) in [6, 6.07) is 1.45. The van der Waals surface area contributed by atoms with Crippen molar-refractivity contribution in [2.45, 2.75) is 64.5 Å². The highest BCUT2D eigenvalue weighted by atomic mass is 35.5. The monoisotopic (exact) mass is 588 g/mol. The van der Waals surface area contributed by atoms with Crippen molar-refractivity contribution in [2.75, 3.05) is 18.1 Å². The van der Waals surface area contributed by atoms with Crippen LogP contribution in [0.15, 0.2) is 34.3 Å². The maximum atomic E-state index is 11.8. The molecule has 0 radical (unpaired) electrons. The standard InChI is InChI=1S/C30H33ClN8O3/c1-5-7-23-22(6-2)38(12-13-41-23)29-35-26-25(39(29)18(4)19-10-8-17(3)9-11-19)24(20-14-21(31)16-32-15-20)33-27(34-26)28-36-37-30(40)42-28/h2,14-17,19,22-23H,4-5,7-13H2,1,3H3,(H,37,40)/t17-,19-,22?,23-/m1/s1. The van der Waals surface area contributed by atoms with E-state index in [0.29, 0.717) is 52.5 Å². The molecule has 1 aliphatic carbocycles. The Morgan fingerprint density at radius 1 is 1.24 bits per heavy atom. The zero-order chi connectivity index (χ0) is 29.4. The van der Waals surface area contributed by atoms with Gasteiger partial charge in [-0.2, -0.15) is 4.98 Å². The van der Waals surface area contributed by atoms with E-state index >= 15 is 0 Å². The van der Waals surface area contributed by atoms with Crippen molar-refractivity contribution >= 4 is 34.4 Å². The van der Waals surface area contributed by atoms with Crippen LogP contribution in [0.3, 0.4) is 0 Å². The minimum Gasteiger partial charge on any atom is -0.384 e. The molecule has 0 aromatic carbocycles. The van der Waals surface area contributed by atoms with E-state index in [-0.39, 0.29) is 29.8 Å². The summed E-state index contributed by atoms with van der Waals surface area (Å²) in [7, 11) is 0. The maximum absolute atomic E-state index is 11.8. The predicted octanol–water partition coefficient (Wildman–Crippen LogP) is 5.19. The lowest BCUT2D eigenvalue weighted by Crippen LogP contribution is -2.51. The second kappa shape index (κ2) is 11.7. The second-order valence-electron chi connectivity index (χ2n) is 11.1.